The lowest BCUT2D eigenvalue weighted by atomic mass is 10.1. The molecule has 0 aliphatic heterocycles. The number of aryl methyl sites for hydroxylation is 1. The molecule has 2 aromatic heterocycles. The van der Waals surface area contributed by atoms with Crippen LogP contribution in [0.3, 0.4) is 0 Å². The van der Waals surface area contributed by atoms with Gasteiger partial charge in [0.15, 0.2) is 22.4 Å². The molecule has 2 heterocycles. The number of aromatic nitrogens is 3. The molecule has 176 valence electrons. The zero-order valence-electron chi connectivity index (χ0n) is 19.0. The van der Waals surface area contributed by atoms with Crippen LogP contribution in [0.2, 0.25) is 0 Å². The van der Waals surface area contributed by atoms with Crippen LogP contribution in [0.1, 0.15) is 43.1 Å². The fourth-order valence-electron chi connectivity index (χ4n) is 3.69. The van der Waals surface area contributed by atoms with E-state index >= 15 is 0 Å². The smallest absolute Gasteiger partial charge is 0.278 e. The molecule has 0 fully saturated rings. The third-order valence-corrected chi connectivity index (χ3v) is 6.24. The van der Waals surface area contributed by atoms with Crippen molar-refractivity contribution < 1.29 is 13.9 Å². The number of halogens is 1. The molecule has 2 aromatic carbocycles. The third-order valence-electron chi connectivity index (χ3n) is 5.48. The summed E-state index contributed by atoms with van der Waals surface area (Å²) in [5, 5.41) is 10.2. The van der Waals surface area contributed by atoms with E-state index in [-0.39, 0.29) is 17.0 Å². The van der Waals surface area contributed by atoms with Gasteiger partial charge in [0.05, 0.1) is 18.2 Å². The van der Waals surface area contributed by atoms with Crippen molar-refractivity contribution in [2.24, 2.45) is 0 Å². The van der Waals surface area contributed by atoms with Gasteiger partial charge in [-0.1, -0.05) is 44.4 Å². The normalized spacial score (nSPS) is 11.0. The first-order valence-electron chi connectivity index (χ1n) is 11.1. The standard InChI is InChI=1S/C25H25FN4O3S/c1-3-4-5-8-13-30-24(32)18-10-7-6-9-17(18)22(29-30)23(31)28-25-27-20(15-34-25)16-11-12-21(33-2)19(26)14-16/h6-7,9-12,14-15H,3-5,8,13H2,1-2H3,(H,27,28,31). The van der Waals surface area contributed by atoms with Crippen LogP contribution in [0.5, 0.6) is 5.75 Å². The van der Waals surface area contributed by atoms with E-state index < -0.39 is 11.7 Å². The molecule has 1 N–H and O–H groups in total. The summed E-state index contributed by atoms with van der Waals surface area (Å²) in [5.74, 6) is -0.800. The Labute approximate surface area is 200 Å². The van der Waals surface area contributed by atoms with Crippen LogP contribution >= 0.6 is 11.3 Å². The van der Waals surface area contributed by atoms with Crippen molar-refractivity contribution in [2.45, 2.75) is 39.2 Å². The van der Waals surface area contributed by atoms with Gasteiger partial charge in [0.1, 0.15) is 0 Å². The van der Waals surface area contributed by atoms with Crippen LogP contribution in [-0.4, -0.2) is 27.8 Å². The van der Waals surface area contributed by atoms with E-state index in [0.717, 1.165) is 25.7 Å². The molecule has 0 bridgehead atoms. The van der Waals surface area contributed by atoms with Gasteiger partial charge in [-0.05, 0) is 30.7 Å². The number of rotatable bonds is 9. The van der Waals surface area contributed by atoms with Crippen LogP contribution < -0.4 is 15.6 Å². The topological polar surface area (TPSA) is 86.1 Å². The number of nitrogens with zero attached hydrogens (tertiary/aromatic N) is 3. The molecule has 0 saturated heterocycles. The van der Waals surface area contributed by atoms with Crippen molar-refractivity contribution >= 4 is 33.1 Å². The summed E-state index contributed by atoms with van der Waals surface area (Å²) in [6.45, 7) is 2.58. The molecule has 0 unspecified atom stereocenters. The first-order valence-corrected chi connectivity index (χ1v) is 12.0. The molecule has 9 heteroatoms. The number of carbonyl (C=O) groups excluding carboxylic acids is 1. The maximum absolute atomic E-state index is 14.1. The molecule has 4 aromatic rings. The van der Waals surface area contributed by atoms with Gasteiger partial charge in [0, 0.05) is 22.9 Å². The highest BCUT2D eigenvalue weighted by molar-refractivity contribution is 7.14. The summed E-state index contributed by atoms with van der Waals surface area (Å²) in [7, 11) is 1.40. The Morgan fingerprint density at radius 3 is 2.68 bits per heavy atom. The molecular formula is C25H25FN4O3S. The maximum Gasteiger partial charge on any atom is 0.278 e. The Balaban J connectivity index is 1.60. The summed E-state index contributed by atoms with van der Waals surface area (Å²) in [4.78, 5) is 30.4. The minimum atomic E-state index is -0.490. The van der Waals surface area contributed by atoms with Gasteiger partial charge in [-0.15, -0.1) is 11.3 Å². The van der Waals surface area contributed by atoms with Gasteiger partial charge >= 0.3 is 0 Å². The number of nitrogens with one attached hydrogen (secondary N) is 1. The Morgan fingerprint density at radius 1 is 1.15 bits per heavy atom. The highest BCUT2D eigenvalue weighted by Gasteiger charge is 2.18. The van der Waals surface area contributed by atoms with Crippen molar-refractivity contribution in [3.8, 4) is 17.0 Å². The number of fused-ring (bicyclic) bond motifs is 1. The molecule has 0 spiro atoms. The van der Waals surface area contributed by atoms with E-state index in [4.69, 9.17) is 4.74 Å². The lowest BCUT2D eigenvalue weighted by molar-refractivity contribution is 0.102. The predicted octanol–water partition coefficient (Wildman–Crippen LogP) is 5.50. The number of anilines is 1. The van der Waals surface area contributed by atoms with Crippen molar-refractivity contribution in [3.63, 3.8) is 0 Å². The average Bonchev–Trinajstić information content (AvgIpc) is 3.31. The Bertz CT molecular complexity index is 1380. The SMILES string of the molecule is CCCCCCn1nc(C(=O)Nc2nc(-c3ccc(OC)c(F)c3)cs2)c2ccccc2c1=O. The summed E-state index contributed by atoms with van der Waals surface area (Å²) in [6, 6.07) is 11.5. The predicted molar refractivity (Wildman–Crippen MR) is 132 cm³/mol. The van der Waals surface area contributed by atoms with E-state index in [1.54, 1.807) is 35.7 Å². The summed E-state index contributed by atoms with van der Waals surface area (Å²) >= 11 is 1.22. The Morgan fingerprint density at radius 2 is 1.94 bits per heavy atom. The number of benzene rings is 2. The van der Waals surface area contributed by atoms with Crippen LogP contribution in [0, 0.1) is 5.82 Å². The molecule has 0 aliphatic rings. The zero-order valence-corrected chi connectivity index (χ0v) is 19.8. The van der Waals surface area contributed by atoms with Crippen LogP contribution in [-0.2, 0) is 6.54 Å². The first kappa shape index (κ1) is 23.6. The second kappa shape index (κ2) is 10.6. The number of amides is 1. The van der Waals surface area contributed by atoms with Gasteiger partial charge in [0.25, 0.3) is 11.5 Å². The van der Waals surface area contributed by atoms with Gasteiger partial charge in [0.2, 0.25) is 0 Å². The van der Waals surface area contributed by atoms with E-state index in [2.05, 4.69) is 22.3 Å². The number of hydrogen-bond acceptors (Lipinski definition) is 6. The highest BCUT2D eigenvalue weighted by Crippen LogP contribution is 2.28. The van der Waals surface area contributed by atoms with E-state index in [1.807, 2.05) is 0 Å². The lowest BCUT2D eigenvalue weighted by Crippen LogP contribution is -2.27. The van der Waals surface area contributed by atoms with E-state index in [0.29, 0.717) is 33.7 Å². The quantitative estimate of drug-likeness (QED) is 0.320. The molecule has 1 amide bonds. The highest BCUT2D eigenvalue weighted by atomic mass is 32.1. The zero-order chi connectivity index (χ0) is 24.1. The molecule has 4 rings (SSSR count). The molecule has 0 aliphatic carbocycles. The monoisotopic (exact) mass is 480 g/mol. The van der Waals surface area contributed by atoms with E-state index in [9.17, 15) is 14.0 Å². The maximum atomic E-state index is 14.1. The number of unbranched alkanes of at least 4 members (excludes halogenated alkanes) is 3. The fraction of sp³-hybridized carbons (Fsp3) is 0.280. The summed E-state index contributed by atoms with van der Waals surface area (Å²) in [5.41, 5.74) is 1.06. The van der Waals surface area contributed by atoms with Crippen LogP contribution in [0.15, 0.2) is 52.6 Å². The second-order valence-electron chi connectivity index (χ2n) is 7.82. The number of ether oxygens (including phenoxy) is 1. The van der Waals surface area contributed by atoms with Crippen LogP contribution in [0.25, 0.3) is 22.0 Å². The van der Waals surface area contributed by atoms with Gasteiger partial charge in [-0.25, -0.2) is 14.1 Å². The largest absolute Gasteiger partial charge is 0.494 e. The van der Waals surface area contributed by atoms with Crippen molar-refractivity contribution in [2.75, 3.05) is 12.4 Å². The summed E-state index contributed by atoms with van der Waals surface area (Å²) < 4.78 is 20.4. The van der Waals surface area contributed by atoms with Crippen molar-refractivity contribution in [1.29, 1.82) is 0 Å². The minimum absolute atomic E-state index is 0.148. The Hall–Kier alpha value is -3.59. The number of carbonyl (C=O) groups is 1. The molecule has 7 nitrogen and oxygen atoms in total. The first-order chi connectivity index (χ1) is 16.5. The molecule has 34 heavy (non-hydrogen) atoms. The van der Waals surface area contributed by atoms with E-state index in [1.165, 1.54) is 35.3 Å². The number of hydrogen-bond donors (Lipinski definition) is 1. The van der Waals surface area contributed by atoms with Crippen LogP contribution in [0.4, 0.5) is 9.52 Å². The second-order valence-corrected chi connectivity index (χ2v) is 8.68. The molecule has 0 saturated carbocycles. The van der Waals surface area contributed by atoms with Gasteiger partial charge < -0.3 is 4.74 Å². The van der Waals surface area contributed by atoms with Crippen molar-refractivity contribution in [1.82, 2.24) is 14.8 Å². The van der Waals surface area contributed by atoms with Crippen molar-refractivity contribution in [3.05, 3.63) is 69.7 Å². The van der Waals surface area contributed by atoms with Gasteiger partial charge in [-0.2, -0.15) is 5.10 Å². The molecular weight excluding hydrogens is 455 g/mol. The minimum Gasteiger partial charge on any atom is -0.494 e. The number of methoxy groups -OCH3 is 1. The average molecular weight is 481 g/mol. The fourth-order valence-corrected chi connectivity index (χ4v) is 4.40. The molecule has 0 atom stereocenters. The lowest BCUT2D eigenvalue weighted by Gasteiger charge is -2.10. The molecule has 0 radical (unpaired) electrons. The number of thiazole rings is 1. The summed E-state index contributed by atoms with van der Waals surface area (Å²) in [6.07, 6.45) is 3.98. The third kappa shape index (κ3) is 4.99. The Kier molecular flexibility index (Phi) is 7.32. The van der Waals surface area contributed by atoms with Gasteiger partial charge in [-0.3, -0.25) is 14.9 Å².